The van der Waals surface area contributed by atoms with Crippen LogP contribution in [0.5, 0.6) is 0 Å². The van der Waals surface area contributed by atoms with Crippen molar-refractivity contribution in [3.05, 3.63) is 11.8 Å². The van der Waals surface area contributed by atoms with E-state index in [1.165, 1.54) is 6.42 Å². The Hall–Kier alpha value is -0.990. The fourth-order valence-corrected chi connectivity index (χ4v) is 1.79. The summed E-state index contributed by atoms with van der Waals surface area (Å²) >= 11 is 0. The highest BCUT2D eigenvalue weighted by Crippen LogP contribution is 2.19. The number of allylic oxidation sites excluding steroid dienone is 1. The first-order chi connectivity index (χ1) is 5.79. The van der Waals surface area contributed by atoms with Gasteiger partial charge < -0.3 is 9.80 Å². The molecule has 0 unspecified atom stereocenters. The molecule has 0 aromatic rings. The van der Waals surface area contributed by atoms with E-state index in [2.05, 4.69) is 11.0 Å². The molecule has 2 aliphatic heterocycles. The number of rotatable bonds is 0. The van der Waals surface area contributed by atoms with E-state index in [1.54, 1.807) is 4.90 Å². The minimum Gasteiger partial charge on any atom is -0.366 e. The van der Waals surface area contributed by atoms with Crippen LogP contribution >= 0.6 is 0 Å². The highest BCUT2D eigenvalue weighted by molar-refractivity contribution is 5.93. The molecule has 66 valence electrons. The third-order valence-electron chi connectivity index (χ3n) is 2.58. The fourth-order valence-electron chi connectivity index (χ4n) is 1.79. The Bertz CT molecular complexity index is 235. The standard InChI is InChI=1S/C9H14N2O/c1-10-6-7-11-5-3-2-4-8(11)9(10)12/h4H,2-3,5-7H2,1H3. The van der Waals surface area contributed by atoms with Gasteiger partial charge >= 0.3 is 0 Å². The van der Waals surface area contributed by atoms with E-state index in [0.717, 1.165) is 31.8 Å². The van der Waals surface area contributed by atoms with Gasteiger partial charge in [0.05, 0.1) is 5.70 Å². The van der Waals surface area contributed by atoms with E-state index in [4.69, 9.17) is 0 Å². The molecule has 2 rings (SSSR count). The molecule has 1 fully saturated rings. The second-order valence-corrected chi connectivity index (χ2v) is 3.45. The highest BCUT2D eigenvalue weighted by Gasteiger charge is 2.27. The van der Waals surface area contributed by atoms with Crippen LogP contribution in [0.2, 0.25) is 0 Å². The highest BCUT2D eigenvalue weighted by atomic mass is 16.2. The molecule has 3 heteroatoms. The minimum atomic E-state index is 0.195. The molecule has 2 heterocycles. The van der Waals surface area contributed by atoms with Gasteiger partial charge in [0.2, 0.25) is 0 Å². The van der Waals surface area contributed by atoms with E-state index in [0.29, 0.717) is 0 Å². The monoisotopic (exact) mass is 166 g/mol. The molecule has 0 aliphatic carbocycles. The predicted molar refractivity (Wildman–Crippen MR) is 46.5 cm³/mol. The number of nitrogens with zero attached hydrogens (tertiary/aromatic N) is 2. The molecule has 0 N–H and O–H groups in total. The topological polar surface area (TPSA) is 23.6 Å². The van der Waals surface area contributed by atoms with Crippen LogP contribution < -0.4 is 0 Å². The van der Waals surface area contributed by atoms with Gasteiger partial charge in [-0.15, -0.1) is 0 Å². The smallest absolute Gasteiger partial charge is 0.269 e. The summed E-state index contributed by atoms with van der Waals surface area (Å²) < 4.78 is 0. The molecule has 0 atom stereocenters. The van der Waals surface area contributed by atoms with Crippen LogP contribution in [-0.2, 0) is 4.79 Å². The van der Waals surface area contributed by atoms with Gasteiger partial charge in [0.15, 0.2) is 0 Å². The van der Waals surface area contributed by atoms with Gasteiger partial charge in [-0.3, -0.25) is 4.79 Å². The number of hydrogen-bond donors (Lipinski definition) is 0. The van der Waals surface area contributed by atoms with Crippen molar-refractivity contribution in [1.82, 2.24) is 9.80 Å². The number of carbonyl (C=O) groups excluding carboxylic acids is 1. The third kappa shape index (κ3) is 1.09. The van der Waals surface area contributed by atoms with Crippen molar-refractivity contribution < 1.29 is 4.79 Å². The zero-order valence-electron chi connectivity index (χ0n) is 7.42. The van der Waals surface area contributed by atoms with Crippen LogP contribution in [0.1, 0.15) is 12.8 Å². The summed E-state index contributed by atoms with van der Waals surface area (Å²) in [6.07, 6.45) is 4.33. The Labute approximate surface area is 72.6 Å². The minimum absolute atomic E-state index is 0.195. The molecule has 1 amide bonds. The number of likely N-dealkylation sites (N-methyl/N-ethyl adjacent to an activating group) is 1. The number of amides is 1. The maximum absolute atomic E-state index is 11.6. The van der Waals surface area contributed by atoms with Crippen molar-refractivity contribution in [2.45, 2.75) is 12.8 Å². The summed E-state index contributed by atoms with van der Waals surface area (Å²) in [5, 5.41) is 0. The van der Waals surface area contributed by atoms with Gasteiger partial charge in [-0.25, -0.2) is 0 Å². The first kappa shape index (κ1) is 7.65. The molecule has 12 heavy (non-hydrogen) atoms. The summed E-state index contributed by atoms with van der Waals surface area (Å²) in [7, 11) is 1.87. The average Bonchev–Trinajstić information content (AvgIpc) is 2.12. The van der Waals surface area contributed by atoms with Gasteiger partial charge in [0.25, 0.3) is 5.91 Å². The summed E-state index contributed by atoms with van der Waals surface area (Å²) in [4.78, 5) is 15.6. The normalized spacial score (nSPS) is 23.8. The van der Waals surface area contributed by atoms with Crippen molar-refractivity contribution in [3.63, 3.8) is 0 Å². The van der Waals surface area contributed by atoms with Gasteiger partial charge in [-0.05, 0) is 12.8 Å². The Morgan fingerprint density at radius 3 is 3.00 bits per heavy atom. The predicted octanol–water partition coefficient (Wildman–Crippen LogP) is 0.438. The third-order valence-corrected chi connectivity index (χ3v) is 2.58. The van der Waals surface area contributed by atoms with E-state index < -0.39 is 0 Å². The lowest BCUT2D eigenvalue weighted by atomic mass is 10.1. The number of piperazine rings is 1. The van der Waals surface area contributed by atoms with E-state index in [9.17, 15) is 4.79 Å². The second kappa shape index (κ2) is 2.81. The Morgan fingerprint density at radius 1 is 1.33 bits per heavy atom. The molecule has 0 spiro atoms. The van der Waals surface area contributed by atoms with Gasteiger partial charge in [-0.2, -0.15) is 0 Å². The van der Waals surface area contributed by atoms with Crippen molar-refractivity contribution in [1.29, 1.82) is 0 Å². The Morgan fingerprint density at radius 2 is 2.17 bits per heavy atom. The summed E-state index contributed by atoms with van der Waals surface area (Å²) in [5.41, 5.74) is 0.926. The first-order valence-electron chi connectivity index (χ1n) is 4.49. The van der Waals surface area contributed by atoms with Crippen LogP contribution in [0.25, 0.3) is 0 Å². The number of fused-ring (bicyclic) bond motifs is 1. The van der Waals surface area contributed by atoms with Crippen molar-refractivity contribution in [2.24, 2.45) is 0 Å². The first-order valence-corrected chi connectivity index (χ1v) is 4.49. The van der Waals surface area contributed by atoms with Crippen molar-refractivity contribution in [2.75, 3.05) is 26.7 Å². The average molecular weight is 166 g/mol. The van der Waals surface area contributed by atoms with Crippen LogP contribution in [0.3, 0.4) is 0 Å². The van der Waals surface area contributed by atoms with Crippen LogP contribution in [0, 0.1) is 0 Å². The van der Waals surface area contributed by atoms with E-state index >= 15 is 0 Å². The molecule has 0 bridgehead atoms. The lowest BCUT2D eigenvalue weighted by Crippen LogP contribution is -2.47. The molecule has 0 aromatic heterocycles. The van der Waals surface area contributed by atoms with Crippen LogP contribution in [0.4, 0.5) is 0 Å². The fraction of sp³-hybridized carbons (Fsp3) is 0.667. The second-order valence-electron chi connectivity index (χ2n) is 3.45. The molecule has 3 nitrogen and oxygen atoms in total. The molecule has 1 saturated heterocycles. The van der Waals surface area contributed by atoms with Crippen LogP contribution in [-0.4, -0.2) is 42.4 Å². The van der Waals surface area contributed by atoms with Crippen LogP contribution in [0.15, 0.2) is 11.8 Å². The molecule has 0 saturated carbocycles. The summed E-state index contributed by atoms with van der Waals surface area (Å²) in [6, 6.07) is 0. The van der Waals surface area contributed by atoms with Gasteiger partial charge in [-0.1, -0.05) is 6.08 Å². The summed E-state index contributed by atoms with van der Waals surface area (Å²) in [5.74, 6) is 0.195. The van der Waals surface area contributed by atoms with Gasteiger partial charge in [0, 0.05) is 26.7 Å². The molecular weight excluding hydrogens is 152 g/mol. The maximum atomic E-state index is 11.6. The van der Waals surface area contributed by atoms with Crippen molar-refractivity contribution in [3.8, 4) is 0 Å². The van der Waals surface area contributed by atoms with E-state index in [1.807, 2.05) is 7.05 Å². The largest absolute Gasteiger partial charge is 0.366 e. The quantitative estimate of drug-likeness (QED) is 0.521. The number of carbonyl (C=O) groups is 1. The summed E-state index contributed by atoms with van der Waals surface area (Å²) in [6.45, 7) is 2.94. The lowest BCUT2D eigenvalue weighted by Gasteiger charge is -2.37. The molecular formula is C9H14N2O. The molecule has 0 radical (unpaired) electrons. The van der Waals surface area contributed by atoms with Crippen molar-refractivity contribution >= 4 is 5.91 Å². The molecule has 2 aliphatic rings. The maximum Gasteiger partial charge on any atom is 0.269 e. The van der Waals surface area contributed by atoms with Gasteiger partial charge in [0.1, 0.15) is 0 Å². The zero-order chi connectivity index (χ0) is 8.55. The lowest BCUT2D eigenvalue weighted by molar-refractivity contribution is -0.130. The van der Waals surface area contributed by atoms with E-state index in [-0.39, 0.29) is 5.91 Å². The Balaban J connectivity index is 2.22. The molecule has 0 aromatic carbocycles. The Kier molecular flexibility index (Phi) is 1.79. The zero-order valence-corrected chi connectivity index (χ0v) is 7.42. The SMILES string of the molecule is CN1CCN2CCCC=C2C1=O. The number of hydrogen-bond acceptors (Lipinski definition) is 2.